The molecule has 146 valence electrons. The summed E-state index contributed by atoms with van der Waals surface area (Å²) in [6, 6.07) is 16.6. The van der Waals surface area contributed by atoms with E-state index in [1.165, 1.54) is 16.3 Å². The smallest absolute Gasteiger partial charge is 0.300 e. The maximum absolute atomic E-state index is 12.7. The number of carbonyl (C=O) groups excluding carboxylic acids is 1. The van der Waals surface area contributed by atoms with Crippen LogP contribution in [0.25, 0.3) is 11.3 Å². The fourth-order valence-corrected chi connectivity index (χ4v) is 3.61. The Balaban J connectivity index is 1.43. The van der Waals surface area contributed by atoms with Gasteiger partial charge in [0.05, 0.1) is 5.75 Å². The summed E-state index contributed by atoms with van der Waals surface area (Å²) in [5.74, 6) is 0.0233. The molecule has 2 aromatic carbocycles. The summed E-state index contributed by atoms with van der Waals surface area (Å²) in [6.45, 7) is 0.416. The fraction of sp³-hybridized carbons (Fsp3) is 0.100. The van der Waals surface area contributed by atoms with Gasteiger partial charge in [-0.25, -0.2) is 0 Å². The third kappa shape index (κ3) is 4.33. The molecule has 0 fully saturated rings. The predicted molar refractivity (Wildman–Crippen MR) is 113 cm³/mol. The first-order chi connectivity index (χ1) is 14.1. The van der Waals surface area contributed by atoms with Crippen LogP contribution < -0.4 is 10.9 Å². The first kappa shape index (κ1) is 19.2. The molecule has 2 aromatic heterocycles. The summed E-state index contributed by atoms with van der Waals surface area (Å²) in [5, 5.41) is 12.0. The number of halogens is 1. The van der Waals surface area contributed by atoms with Gasteiger partial charge in [-0.05, 0) is 29.8 Å². The summed E-state index contributed by atoms with van der Waals surface area (Å²) in [5.41, 5.74) is 1.64. The molecule has 0 radical (unpaired) electrons. The normalized spacial score (nSPS) is 10.9. The van der Waals surface area contributed by atoms with Crippen LogP contribution in [0.15, 0.2) is 76.9 Å². The Bertz CT molecular complexity index is 1210. The van der Waals surface area contributed by atoms with E-state index < -0.39 is 0 Å². The molecule has 1 amide bonds. The molecular formula is C20H16ClN5O2S. The Morgan fingerprint density at radius 3 is 2.55 bits per heavy atom. The first-order valence-corrected chi connectivity index (χ1v) is 10.1. The fourth-order valence-electron chi connectivity index (χ4n) is 2.74. The number of rotatable bonds is 6. The molecule has 0 bridgehead atoms. The van der Waals surface area contributed by atoms with E-state index in [1.807, 2.05) is 42.5 Å². The SMILES string of the molecule is O=C(CSc1nnc2c(=O)n(-c3ccccc3)ccn12)NCc1ccc(Cl)cc1. The quantitative estimate of drug-likeness (QED) is 0.480. The van der Waals surface area contributed by atoms with Crippen molar-refractivity contribution in [2.24, 2.45) is 0 Å². The zero-order chi connectivity index (χ0) is 20.2. The summed E-state index contributed by atoms with van der Waals surface area (Å²) in [7, 11) is 0. The van der Waals surface area contributed by atoms with E-state index in [0.29, 0.717) is 16.7 Å². The van der Waals surface area contributed by atoms with Crippen LogP contribution in [0.5, 0.6) is 0 Å². The molecule has 2 heterocycles. The number of hydrogen-bond donors (Lipinski definition) is 1. The van der Waals surface area contributed by atoms with Gasteiger partial charge >= 0.3 is 5.56 Å². The molecule has 9 heteroatoms. The van der Waals surface area contributed by atoms with E-state index in [4.69, 9.17) is 11.6 Å². The van der Waals surface area contributed by atoms with Gasteiger partial charge in [-0.3, -0.25) is 18.6 Å². The van der Waals surface area contributed by atoms with Crippen LogP contribution in [0, 0.1) is 0 Å². The van der Waals surface area contributed by atoms with Gasteiger partial charge in [-0.15, -0.1) is 10.2 Å². The second kappa shape index (κ2) is 8.50. The molecular weight excluding hydrogens is 410 g/mol. The van der Waals surface area contributed by atoms with E-state index in [9.17, 15) is 9.59 Å². The van der Waals surface area contributed by atoms with Crippen molar-refractivity contribution in [1.82, 2.24) is 24.5 Å². The zero-order valence-electron chi connectivity index (χ0n) is 15.2. The van der Waals surface area contributed by atoms with E-state index in [1.54, 1.807) is 28.9 Å². The van der Waals surface area contributed by atoms with Gasteiger partial charge in [0.25, 0.3) is 0 Å². The lowest BCUT2D eigenvalue weighted by atomic mass is 10.2. The first-order valence-electron chi connectivity index (χ1n) is 8.77. The summed E-state index contributed by atoms with van der Waals surface area (Å²) in [6.07, 6.45) is 3.39. The van der Waals surface area contributed by atoms with Gasteiger partial charge in [0.15, 0.2) is 5.16 Å². The number of nitrogens with zero attached hydrogens (tertiary/aromatic N) is 4. The maximum Gasteiger partial charge on any atom is 0.300 e. The number of hydrogen-bond acceptors (Lipinski definition) is 5. The highest BCUT2D eigenvalue weighted by Crippen LogP contribution is 2.16. The molecule has 29 heavy (non-hydrogen) atoms. The van der Waals surface area contributed by atoms with Crippen molar-refractivity contribution in [2.75, 3.05) is 5.75 Å². The number of benzene rings is 2. The van der Waals surface area contributed by atoms with Crippen molar-refractivity contribution in [3.05, 3.63) is 87.9 Å². The zero-order valence-corrected chi connectivity index (χ0v) is 16.7. The molecule has 4 aromatic rings. The van der Waals surface area contributed by atoms with Crippen LogP contribution in [0.3, 0.4) is 0 Å². The number of amides is 1. The third-order valence-electron chi connectivity index (χ3n) is 4.21. The minimum Gasteiger partial charge on any atom is -0.351 e. The van der Waals surface area contributed by atoms with Crippen molar-refractivity contribution in [3.63, 3.8) is 0 Å². The van der Waals surface area contributed by atoms with Crippen LogP contribution in [-0.4, -0.2) is 30.8 Å². The third-order valence-corrected chi connectivity index (χ3v) is 5.40. The lowest BCUT2D eigenvalue weighted by molar-refractivity contribution is -0.118. The molecule has 0 atom stereocenters. The second-order valence-corrected chi connectivity index (χ2v) is 7.56. The number of para-hydroxylation sites is 1. The largest absolute Gasteiger partial charge is 0.351 e. The molecule has 0 aliphatic rings. The molecule has 0 aliphatic carbocycles. The topological polar surface area (TPSA) is 81.3 Å². The lowest BCUT2D eigenvalue weighted by Gasteiger charge is -2.06. The van der Waals surface area contributed by atoms with Crippen molar-refractivity contribution >= 4 is 34.9 Å². The van der Waals surface area contributed by atoms with Crippen LogP contribution in [0.1, 0.15) is 5.56 Å². The number of nitrogens with one attached hydrogen (secondary N) is 1. The molecule has 4 rings (SSSR count). The van der Waals surface area contributed by atoms with Crippen LogP contribution in [-0.2, 0) is 11.3 Å². The van der Waals surface area contributed by atoms with Gasteiger partial charge < -0.3 is 5.32 Å². The van der Waals surface area contributed by atoms with E-state index >= 15 is 0 Å². The van der Waals surface area contributed by atoms with E-state index in [2.05, 4.69) is 15.5 Å². The van der Waals surface area contributed by atoms with Crippen molar-refractivity contribution in [2.45, 2.75) is 11.7 Å². The second-order valence-electron chi connectivity index (χ2n) is 6.18. The Morgan fingerprint density at radius 1 is 1.03 bits per heavy atom. The average Bonchev–Trinajstić information content (AvgIpc) is 3.17. The standard InChI is InChI=1S/C20H16ClN5O2S/c21-15-8-6-14(7-9-15)12-22-17(27)13-29-20-24-23-18-19(28)25(10-11-26(18)20)16-4-2-1-3-5-16/h1-11H,12-13H2,(H,22,27). The summed E-state index contributed by atoms with van der Waals surface area (Å²) < 4.78 is 3.11. The molecule has 0 unspecified atom stereocenters. The van der Waals surface area contributed by atoms with Gasteiger partial charge in [-0.1, -0.05) is 53.7 Å². The Kier molecular flexibility index (Phi) is 5.64. The minimum atomic E-state index is -0.273. The molecule has 0 saturated heterocycles. The van der Waals surface area contributed by atoms with Gasteiger partial charge in [-0.2, -0.15) is 0 Å². The van der Waals surface area contributed by atoms with Crippen LogP contribution in [0.2, 0.25) is 5.02 Å². The molecule has 0 aliphatic heterocycles. The lowest BCUT2D eigenvalue weighted by Crippen LogP contribution is -2.24. The number of aromatic nitrogens is 4. The van der Waals surface area contributed by atoms with Crippen LogP contribution >= 0.6 is 23.4 Å². The van der Waals surface area contributed by atoms with Gasteiger partial charge in [0.2, 0.25) is 11.6 Å². The Morgan fingerprint density at radius 2 is 1.79 bits per heavy atom. The number of fused-ring (bicyclic) bond motifs is 1. The van der Waals surface area contributed by atoms with Crippen molar-refractivity contribution in [1.29, 1.82) is 0 Å². The van der Waals surface area contributed by atoms with Crippen molar-refractivity contribution < 1.29 is 4.79 Å². The van der Waals surface area contributed by atoms with Crippen molar-refractivity contribution in [3.8, 4) is 5.69 Å². The van der Waals surface area contributed by atoms with E-state index in [-0.39, 0.29) is 22.9 Å². The molecule has 0 spiro atoms. The summed E-state index contributed by atoms with van der Waals surface area (Å²) in [4.78, 5) is 24.8. The van der Waals surface area contributed by atoms with E-state index in [0.717, 1.165) is 11.3 Å². The van der Waals surface area contributed by atoms with Crippen LogP contribution in [0.4, 0.5) is 0 Å². The Hall–Kier alpha value is -3.10. The predicted octanol–water partition coefficient (Wildman–Crippen LogP) is 2.94. The highest BCUT2D eigenvalue weighted by Gasteiger charge is 2.13. The minimum absolute atomic E-state index is 0.140. The van der Waals surface area contributed by atoms with Gasteiger partial charge in [0, 0.05) is 29.6 Å². The van der Waals surface area contributed by atoms with Gasteiger partial charge in [0.1, 0.15) is 0 Å². The number of carbonyl (C=O) groups is 1. The maximum atomic E-state index is 12.7. The summed E-state index contributed by atoms with van der Waals surface area (Å²) >= 11 is 7.08. The molecule has 7 nitrogen and oxygen atoms in total. The highest BCUT2D eigenvalue weighted by atomic mass is 35.5. The molecule has 1 N–H and O–H groups in total. The molecule has 0 saturated carbocycles. The Labute approximate surface area is 175 Å². The number of thioether (sulfide) groups is 1. The highest BCUT2D eigenvalue weighted by molar-refractivity contribution is 7.99. The average molecular weight is 426 g/mol. The monoisotopic (exact) mass is 425 g/mol.